The number of sulfonamides is 1. The van der Waals surface area contributed by atoms with Crippen LogP contribution in [0.4, 0.5) is 5.69 Å². The molecule has 0 bridgehead atoms. The second-order valence-electron chi connectivity index (χ2n) is 8.57. The zero-order chi connectivity index (χ0) is 29.1. The van der Waals surface area contributed by atoms with Crippen LogP contribution < -0.4 is 14.8 Å². The number of nitrogens with one attached hydrogen (secondary N) is 2. The maximum atomic E-state index is 13.5. The van der Waals surface area contributed by atoms with Crippen molar-refractivity contribution < 1.29 is 32.3 Å². The third-order valence-corrected chi connectivity index (χ3v) is 8.34. The molecule has 11 nitrogen and oxygen atoms in total. The zero-order valence-electron chi connectivity index (χ0n) is 21.2. The molecule has 210 valence electrons. The van der Waals surface area contributed by atoms with E-state index in [0.717, 1.165) is 0 Å². The van der Waals surface area contributed by atoms with E-state index in [9.17, 15) is 23.1 Å². The molecule has 0 saturated heterocycles. The lowest BCUT2D eigenvalue weighted by molar-refractivity contribution is 0.0689. The number of thiophene rings is 1. The highest BCUT2D eigenvalue weighted by atomic mass is 35.5. The van der Waals surface area contributed by atoms with E-state index in [4.69, 9.17) is 20.8 Å². The summed E-state index contributed by atoms with van der Waals surface area (Å²) in [5.41, 5.74) is 0.507. The van der Waals surface area contributed by atoms with Crippen LogP contribution in [0.25, 0.3) is 5.69 Å². The van der Waals surface area contributed by atoms with Crippen molar-refractivity contribution in [1.29, 1.82) is 0 Å². The first kappa shape index (κ1) is 28.1. The molecular formula is C27H21ClN4O7S2. The van der Waals surface area contributed by atoms with Crippen molar-refractivity contribution in [3.8, 4) is 17.3 Å². The molecule has 0 aliphatic rings. The highest BCUT2D eigenvalue weighted by Gasteiger charge is 2.27. The van der Waals surface area contributed by atoms with E-state index in [1.165, 1.54) is 47.4 Å². The molecule has 0 aliphatic carbocycles. The number of amides is 1. The van der Waals surface area contributed by atoms with Crippen LogP contribution in [0.2, 0.25) is 5.02 Å². The molecule has 0 atom stereocenters. The van der Waals surface area contributed by atoms with Gasteiger partial charge in [0.05, 0.1) is 23.4 Å². The summed E-state index contributed by atoms with van der Waals surface area (Å²) in [6.07, 6.45) is 1.42. The largest absolute Gasteiger partial charge is 0.476 e. The molecule has 0 unspecified atom stereocenters. The summed E-state index contributed by atoms with van der Waals surface area (Å²) in [5.74, 6) is -1.49. The minimum absolute atomic E-state index is 0.0254. The number of carbonyl (C=O) groups is 2. The van der Waals surface area contributed by atoms with Gasteiger partial charge < -0.3 is 19.6 Å². The summed E-state index contributed by atoms with van der Waals surface area (Å²) < 4.78 is 42.1. The Hall–Kier alpha value is -4.43. The minimum Gasteiger partial charge on any atom is -0.476 e. The normalized spacial score (nSPS) is 11.4. The van der Waals surface area contributed by atoms with Gasteiger partial charge in [0.25, 0.3) is 5.91 Å². The van der Waals surface area contributed by atoms with Crippen molar-refractivity contribution in [3.05, 3.63) is 105 Å². The van der Waals surface area contributed by atoms with Crippen molar-refractivity contribution in [1.82, 2.24) is 14.5 Å². The van der Waals surface area contributed by atoms with Gasteiger partial charge in [0, 0.05) is 16.3 Å². The first-order valence-electron chi connectivity index (χ1n) is 11.9. The summed E-state index contributed by atoms with van der Waals surface area (Å²) in [4.78, 5) is 24.7. The van der Waals surface area contributed by atoms with Gasteiger partial charge in [-0.15, -0.1) is 11.3 Å². The molecule has 0 radical (unpaired) electrons. The molecule has 0 fully saturated rings. The monoisotopic (exact) mass is 612 g/mol. The number of ether oxygens (including phenoxy) is 1. The molecule has 3 N–H and O–H groups in total. The molecule has 2 aromatic carbocycles. The Labute approximate surface area is 243 Å². The van der Waals surface area contributed by atoms with Crippen molar-refractivity contribution in [2.45, 2.75) is 18.4 Å². The second kappa shape index (κ2) is 11.6. The Morgan fingerprint density at radius 2 is 1.90 bits per heavy atom. The van der Waals surface area contributed by atoms with Crippen LogP contribution in [-0.2, 0) is 16.6 Å². The standard InChI is InChI=1S/C27H21ClN4O7S2/c1-16-24(27(34)35)31-32(19-9-6-17(28)7-10-19)26(16)39-21-11-8-18(30-25(33)22-5-3-13-40-22)14-23(21)41(36,37)29-15-20-4-2-12-38-20/h2-14,29H,15H2,1H3,(H,30,33)(H,34,35). The molecule has 5 rings (SSSR count). The second-order valence-corrected chi connectivity index (χ2v) is 11.7. The van der Waals surface area contributed by atoms with Crippen molar-refractivity contribution in [2.24, 2.45) is 0 Å². The molecule has 0 spiro atoms. The van der Waals surface area contributed by atoms with E-state index in [2.05, 4.69) is 15.1 Å². The number of carboxylic acid groups (broad SMARTS) is 1. The Kier molecular flexibility index (Phi) is 7.94. The number of aromatic nitrogens is 2. The number of halogens is 1. The Balaban J connectivity index is 1.57. The van der Waals surface area contributed by atoms with Crippen LogP contribution in [0.3, 0.4) is 0 Å². The first-order chi connectivity index (χ1) is 19.6. The predicted molar refractivity (Wildman–Crippen MR) is 152 cm³/mol. The van der Waals surface area contributed by atoms with Crippen LogP contribution >= 0.6 is 22.9 Å². The molecule has 0 aliphatic heterocycles. The quantitative estimate of drug-likeness (QED) is 0.181. The average Bonchev–Trinajstić information content (AvgIpc) is 3.72. The number of furan rings is 1. The van der Waals surface area contributed by atoms with Gasteiger partial charge in [-0.2, -0.15) is 9.78 Å². The Morgan fingerprint density at radius 1 is 1.12 bits per heavy atom. The lowest BCUT2D eigenvalue weighted by Gasteiger charge is -2.16. The fourth-order valence-corrected chi connectivity index (χ4v) is 5.69. The SMILES string of the molecule is Cc1c(C(=O)O)nn(-c2ccc(Cl)cc2)c1Oc1ccc(NC(=O)c2cccs2)cc1S(=O)(=O)NCc1ccco1. The van der Waals surface area contributed by atoms with Gasteiger partial charge >= 0.3 is 5.97 Å². The number of aromatic carboxylic acids is 1. The lowest BCUT2D eigenvalue weighted by atomic mass is 10.2. The van der Waals surface area contributed by atoms with E-state index >= 15 is 0 Å². The molecule has 5 aromatic rings. The smallest absolute Gasteiger partial charge is 0.356 e. The number of carboxylic acids is 1. The number of hydrogen-bond donors (Lipinski definition) is 3. The summed E-state index contributed by atoms with van der Waals surface area (Å²) in [6.45, 7) is 1.35. The van der Waals surface area contributed by atoms with Gasteiger partial charge in [0.15, 0.2) is 5.69 Å². The van der Waals surface area contributed by atoms with Crippen LogP contribution in [0.15, 0.2) is 87.7 Å². The van der Waals surface area contributed by atoms with Crippen molar-refractivity contribution in [3.63, 3.8) is 0 Å². The fraction of sp³-hybridized carbons (Fsp3) is 0.0741. The van der Waals surface area contributed by atoms with Gasteiger partial charge in [-0.25, -0.2) is 17.9 Å². The number of benzene rings is 2. The number of hydrogen-bond acceptors (Lipinski definition) is 8. The van der Waals surface area contributed by atoms with E-state index in [1.807, 2.05) is 0 Å². The van der Waals surface area contributed by atoms with Gasteiger partial charge in [0.1, 0.15) is 16.4 Å². The van der Waals surface area contributed by atoms with Gasteiger partial charge in [-0.3, -0.25) is 4.79 Å². The maximum absolute atomic E-state index is 13.5. The van der Waals surface area contributed by atoms with Gasteiger partial charge in [0.2, 0.25) is 15.9 Å². The van der Waals surface area contributed by atoms with Crippen LogP contribution in [-0.4, -0.2) is 35.2 Å². The topological polar surface area (TPSA) is 153 Å². The molecular weight excluding hydrogens is 592 g/mol. The van der Waals surface area contributed by atoms with Crippen molar-refractivity contribution in [2.75, 3.05) is 5.32 Å². The van der Waals surface area contributed by atoms with Crippen LogP contribution in [0, 0.1) is 6.92 Å². The van der Waals surface area contributed by atoms with Gasteiger partial charge in [-0.05, 0) is 73.0 Å². The highest BCUT2D eigenvalue weighted by Crippen LogP contribution is 2.35. The van der Waals surface area contributed by atoms with E-state index in [0.29, 0.717) is 21.3 Å². The molecule has 1 amide bonds. The van der Waals surface area contributed by atoms with Gasteiger partial charge in [-0.1, -0.05) is 17.7 Å². The molecule has 14 heteroatoms. The molecule has 0 saturated carbocycles. The highest BCUT2D eigenvalue weighted by molar-refractivity contribution is 7.89. The molecule has 3 aromatic heterocycles. The van der Waals surface area contributed by atoms with Crippen LogP contribution in [0.5, 0.6) is 11.6 Å². The summed E-state index contributed by atoms with van der Waals surface area (Å²) in [5, 5.41) is 18.8. The van der Waals surface area contributed by atoms with Crippen LogP contribution in [0.1, 0.15) is 31.5 Å². The Bertz CT molecular complexity index is 1820. The lowest BCUT2D eigenvalue weighted by Crippen LogP contribution is -2.24. The van der Waals surface area contributed by atoms with Crippen molar-refractivity contribution >= 4 is 50.5 Å². The summed E-state index contributed by atoms with van der Waals surface area (Å²) >= 11 is 7.25. The third-order valence-electron chi connectivity index (χ3n) is 5.80. The number of nitrogens with zero attached hydrogens (tertiary/aromatic N) is 2. The fourth-order valence-electron chi connectivity index (χ4n) is 3.80. The first-order valence-corrected chi connectivity index (χ1v) is 14.6. The number of carbonyl (C=O) groups excluding carboxylic acids is 1. The number of rotatable bonds is 10. The van der Waals surface area contributed by atoms with E-state index in [-0.39, 0.29) is 40.0 Å². The minimum atomic E-state index is -4.25. The third kappa shape index (κ3) is 6.18. The molecule has 41 heavy (non-hydrogen) atoms. The summed E-state index contributed by atoms with van der Waals surface area (Å²) in [7, 11) is -4.25. The maximum Gasteiger partial charge on any atom is 0.356 e. The Morgan fingerprint density at radius 3 is 2.56 bits per heavy atom. The average molecular weight is 613 g/mol. The summed E-state index contributed by atoms with van der Waals surface area (Å²) in [6, 6.07) is 17.1. The predicted octanol–water partition coefficient (Wildman–Crippen LogP) is 5.71. The van der Waals surface area contributed by atoms with E-state index in [1.54, 1.807) is 53.9 Å². The van der Waals surface area contributed by atoms with E-state index < -0.39 is 21.9 Å². The molecule has 3 heterocycles. The number of anilines is 1. The zero-order valence-corrected chi connectivity index (χ0v) is 23.6.